The summed E-state index contributed by atoms with van der Waals surface area (Å²) in [5.74, 6) is -5.53. The molecule has 2 saturated heterocycles. The normalized spacial score (nSPS) is 48.3. The number of carbonyl (C=O) groups excluding carboxylic acids is 3. The highest BCUT2D eigenvalue weighted by molar-refractivity contribution is 5.88. The molecule has 0 amide bonds. The Morgan fingerprint density at radius 2 is 1.51 bits per heavy atom. The van der Waals surface area contributed by atoms with Gasteiger partial charge in [0.1, 0.15) is 42.7 Å². The molecule has 2 aliphatic heterocycles. The van der Waals surface area contributed by atoms with Gasteiger partial charge in [-0.25, -0.2) is 9.59 Å². The highest BCUT2D eigenvalue weighted by atomic mass is 16.7. The van der Waals surface area contributed by atoms with E-state index in [9.17, 15) is 65.1 Å². The van der Waals surface area contributed by atoms with E-state index in [2.05, 4.69) is 19.9 Å². The fourth-order valence-electron chi connectivity index (χ4n) is 14.9. The summed E-state index contributed by atoms with van der Waals surface area (Å²) in [6.45, 7) is 17.3. The molecule has 7 rings (SSSR count). The maximum Gasteiger partial charge on any atom is 0.335 e. The Kier molecular flexibility index (Phi) is 15.8. The number of fused-ring (bicyclic) bond motifs is 7. The van der Waals surface area contributed by atoms with Crippen molar-refractivity contribution in [3.05, 3.63) is 23.3 Å². The second-order valence-electron chi connectivity index (χ2n) is 23.6. The van der Waals surface area contributed by atoms with Gasteiger partial charge in [0.05, 0.1) is 55.4 Å². The summed E-state index contributed by atoms with van der Waals surface area (Å²) < 4.78 is 41.4. The first-order valence-corrected chi connectivity index (χ1v) is 25.6. The number of rotatable bonds is 12. The second-order valence-corrected chi connectivity index (χ2v) is 23.6. The first kappa shape index (κ1) is 56.6. The van der Waals surface area contributed by atoms with Gasteiger partial charge in [0.2, 0.25) is 0 Å². The molecule has 0 radical (unpaired) electrons. The van der Waals surface area contributed by atoms with Crippen LogP contribution in [0.15, 0.2) is 23.3 Å². The molecule has 5 aliphatic carbocycles. The van der Waals surface area contributed by atoms with Crippen LogP contribution in [0.25, 0.3) is 0 Å². The van der Waals surface area contributed by atoms with E-state index in [4.69, 9.17) is 33.2 Å². The monoisotopic (exact) mass is 1020 g/mol. The molecule has 4 saturated carbocycles. The number of methoxy groups -OCH3 is 1. The summed E-state index contributed by atoms with van der Waals surface area (Å²) in [7, 11) is 1.24. The molecule has 23 atom stereocenters. The highest BCUT2D eigenvalue weighted by Crippen LogP contribution is 2.76. The smallest absolute Gasteiger partial charge is 0.335 e. The zero-order chi connectivity index (χ0) is 53.6. The topological polar surface area (TPSA) is 315 Å². The van der Waals surface area contributed by atoms with Gasteiger partial charge >= 0.3 is 23.9 Å². The third-order valence-electron chi connectivity index (χ3n) is 19.8. The third kappa shape index (κ3) is 8.40. The van der Waals surface area contributed by atoms with Gasteiger partial charge in [0.15, 0.2) is 24.8 Å². The predicted molar refractivity (Wildman–Crippen MR) is 250 cm³/mol. The number of aliphatic carboxylic acids is 1. The molecule has 408 valence electrons. The molecule has 0 aromatic carbocycles. The minimum atomic E-state index is -2.03. The van der Waals surface area contributed by atoms with Gasteiger partial charge in [-0.1, -0.05) is 66.2 Å². The van der Waals surface area contributed by atoms with Crippen LogP contribution in [-0.2, 0) is 52.3 Å². The summed E-state index contributed by atoms with van der Waals surface area (Å²) in [5, 5.41) is 101. The number of aliphatic hydroxyl groups excluding tert-OH is 8. The van der Waals surface area contributed by atoms with Crippen molar-refractivity contribution in [3.8, 4) is 0 Å². The lowest BCUT2D eigenvalue weighted by atomic mass is 9.32. The molecule has 9 N–H and O–H groups in total. The molecule has 20 nitrogen and oxygen atoms in total. The van der Waals surface area contributed by atoms with E-state index < -0.39 is 173 Å². The Labute approximate surface area is 421 Å². The largest absolute Gasteiger partial charge is 0.479 e. The molecule has 72 heavy (non-hydrogen) atoms. The fraction of sp³-hybridized carbons (Fsp3) is 0.846. The predicted octanol–water partition coefficient (Wildman–Crippen LogP) is 1.67. The van der Waals surface area contributed by atoms with Crippen LogP contribution in [0.2, 0.25) is 0 Å². The number of carboxylic acid groups (broad SMARTS) is 1. The van der Waals surface area contributed by atoms with Crippen molar-refractivity contribution in [1.29, 1.82) is 0 Å². The molecule has 0 bridgehead atoms. The van der Waals surface area contributed by atoms with Crippen molar-refractivity contribution in [1.82, 2.24) is 0 Å². The van der Waals surface area contributed by atoms with Gasteiger partial charge in [-0.15, -0.1) is 0 Å². The zero-order valence-electron chi connectivity index (χ0n) is 43.4. The Morgan fingerprint density at radius 1 is 0.847 bits per heavy atom. The van der Waals surface area contributed by atoms with Crippen LogP contribution in [-0.4, -0.2) is 176 Å². The minimum Gasteiger partial charge on any atom is -0.479 e. The van der Waals surface area contributed by atoms with Gasteiger partial charge in [-0.3, -0.25) is 9.59 Å². The van der Waals surface area contributed by atoms with Crippen LogP contribution < -0.4 is 0 Å². The number of hydrogen-bond donors (Lipinski definition) is 9. The second kappa shape index (κ2) is 20.1. The van der Waals surface area contributed by atoms with Crippen LogP contribution in [0.4, 0.5) is 0 Å². The maximum atomic E-state index is 14.5. The molecule has 6 fully saturated rings. The summed E-state index contributed by atoms with van der Waals surface area (Å²) in [4.78, 5) is 54.3. The van der Waals surface area contributed by atoms with E-state index in [1.54, 1.807) is 33.8 Å². The minimum absolute atomic E-state index is 0.150. The molecule has 0 spiro atoms. The number of allylic oxidation sites excluding steroid dienone is 2. The molecule has 20 heteroatoms. The fourth-order valence-corrected chi connectivity index (χ4v) is 14.9. The Morgan fingerprint density at radius 3 is 2.11 bits per heavy atom. The van der Waals surface area contributed by atoms with Crippen molar-refractivity contribution in [2.75, 3.05) is 20.3 Å². The van der Waals surface area contributed by atoms with E-state index >= 15 is 0 Å². The van der Waals surface area contributed by atoms with Crippen molar-refractivity contribution < 1.29 is 98.3 Å². The first-order valence-electron chi connectivity index (χ1n) is 25.6. The number of esters is 3. The molecular formula is C52H80O20. The first-order chi connectivity index (χ1) is 33.5. The SMILES string of the molecule is CC=C(C)C(=O)OC1C(OC(=O)C(C)CC)C2(CO)C(CC1(C)C)C1=CCC3C4(C)CCC(OC5OC(C(=O)O)C(O)C(OC6OCC(O)C(O)C6O)C5O)C(C)(C(=O)OC)C4CCC3(C)C1(C)C(O)C2O. The highest BCUT2D eigenvalue weighted by Gasteiger charge is 2.77. The number of ether oxygens (including phenoxy) is 7. The lowest BCUT2D eigenvalue weighted by Gasteiger charge is -2.73. The molecule has 0 aromatic heterocycles. The standard InChI is InChI=1S/C52H80O20/c1-12-23(3)42(63)71-39-40(72-43(64)24(4)13-2)52(22-53)26(20-47(39,5)6)25-14-15-28-48(7)18-17-30(50(9,46(65)66-11)29(48)16-19-49(28,8)51(25,10)37(59)38(52)60)68-45-34(58)35(33(57)36(70-45)41(61)62)69-44-32(56)31(55)27(54)21-67-44/h12,14,24,26-40,44-45,53-60H,13,15-22H2,1-11H3,(H,61,62). The van der Waals surface area contributed by atoms with E-state index in [0.717, 1.165) is 5.57 Å². The van der Waals surface area contributed by atoms with Crippen LogP contribution in [0.1, 0.15) is 114 Å². The molecule has 7 aliphatic rings. The van der Waals surface area contributed by atoms with Gasteiger partial charge in [-0.2, -0.15) is 0 Å². The number of aliphatic hydroxyl groups is 8. The number of carboxylic acids is 1. The summed E-state index contributed by atoms with van der Waals surface area (Å²) in [5.41, 5.74) is -5.64. The van der Waals surface area contributed by atoms with Crippen LogP contribution in [0.3, 0.4) is 0 Å². The van der Waals surface area contributed by atoms with Crippen LogP contribution in [0.5, 0.6) is 0 Å². The quantitative estimate of drug-likeness (QED) is 0.0441. The number of hydrogen-bond acceptors (Lipinski definition) is 19. The van der Waals surface area contributed by atoms with Gasteiger partial charge in [-0.05, 0) is 94.3 Å². The average Bonchev–Trinajstić information content (AvgIpc) is 3.33. The number of carbonyl (C=O) groups is 4. The maximum absolute atomic E-state index is 14.5. The van der Waals surface area contributed by atoms with Gasteiger partial charge < -0.3 is 79.1 Å². The molecule has 23 unspecified atom stereocenters. The lowest BCUT2D eigenvalue weighted by Crippen LogP contribution is -2.76. The van der Waals surface area contributed by atoms with Crippen molar-refractivity contribution in [3.63, 3.8) is 0 Å². The third-order valence-corrected chi connectivity index (χ3v) is 19.8. The summed E-state index contributed by atoms with van der Waals surface area (Å²) >= 11 is 0. The molecular weight excluding hydrogens is 945 g/mol. The molecule has 0 aromatic rings. The lowest BCUT2D eigenvalue weighted by molar-refractivity contribution is -0.357. The van der Waals surface area contributed by atoms with Crippen molar-refractivity contribution >= 4 is 23.9 Å². The average molecular weight is 1030 g/mol. The molecule has 2 heterocycles. The van der Waals surface area contributed by atoms with E-state index in [1.165, 1.54) is 7.11 Å². The van der Waals surface area contributed by atoms with E-state index in [0.29, 0.717) is 37.7 Å². The summed E-state index contributed by atoms with van der Waals surface area (Å²) in [6.07, 6.45) is -17.0. The van der Waals surface area contributed by atoms with Crippen molar-refractivity contribution in [2.24, 2.45) is 56.2 Å². The summed E-state index contributed by atoms with van der Waals surface area (Å²) in [6, 6.07) is 0. The zero-order valence-corrected chi connectivity index (χ0v) is 43.4. The Balaban J connectivity index is 1.25. The van der Waals surface area contributed by atoms with Crippen LogP contribution >= 0.6 is 0 Å². The van der Waals surface area contributed by atoms with Crippen molar-refractivity contribution in [2.45, 2.75) is 200 Å². The van der Waals surface area contributed by atoms with Gasteiger partial charge in [0, 0.05) is 16.4 Å². The van der Waals surface area contributed by atoms with Gasteiger partial charge in [0.25, 0.3) is 0 Å². The van der Waals surface area contributed by atoms with E-state index in [1.807, 2.05) is 27.7 Å². The van der Waals surface area contributed by atoms with E-state index in [-0.39, 0.29) is 18.8 Å². The van der Waals surface area contributed by atoms with Crippen LogP contribution in [0, 0.1) is 56.2 Å². The Bertz CT molecular complexity index is 2130. The Hall–Kier alpha value is -3.12.